The number of amides is 1. The highest BCUT2D eigenvalue weighted by atomic mass is 16.2. The summed E-state index contributed by atoms with van der Waals surface area (Å²) in [5, 5.41) is 8.61. The number of aromatic nitrogens is 3. The van der Waals surface area contributed by atoms with Crippen LogP contribution in [0.25, 0.3) is 11.4 Å². The number of likely N-dealkylation sites (tertiary alicyclic amines) is 1. The van der Waals surface area contributed by atoms with Crippen molar-refractivity contribution in [2.24, 2.45) is 13.0 Å². The monoisotopic (exact) mass is 338 g/mol. The molecule has 4 rings (SSSR count). The number of benzene rings is 1. The SMILES string of the molecule is C[C@@H]1C[C@@H]2CCCC[C@@H]2N1C(=O)Cc1nnc(-c2ccccc2)n1C. The lowest BCUT2D eigenvalue weighted by atomic mass is 9.85. The van der Waals surface area contributed by atoms with Crippen molar-refractivity contribution < 1.29 is 4.79 Å². The van der Waals surface area contributed by atoms with Gasteiger partial charge in [-0.2, -0.15) is 0 Å². The number of rotatable bonds is 3. The second-order valence-corrected chi connectivity index (χ2v) is 7.54. The average molecular weight is 338 g/mol. The van der Waals surface area contributed by atoms with Crippen molar-refractivity contribution in [1.29, 1.82) is 0 Å². The summed E-state index contributed by atoms with van der Waals surface area (Å²) in [5.41, 5.74) is 1.03. The molecule has 2 heterocycles. The average Bonchev–Trinajstić information content (AvgIpc) is 3.15. The van der Waals surface area contributed by atoms with Crippen LogP contribution >= 0.6 is 0 Å². The molecule has 2 aromatic rings. The Labute approximate surface area is 149 Å². The maximum atomic E-state index is 13.0. The van der Waals surface area contributed by atoms with Gasteiger partial charge in [0.25, 0.3) is 0 Å². The van der Waals surface area contributed by atoms with Gasteiger partial charge in [0.15, 0.2) is 5.82 Å². The molecular weight excluding hydrogens is 312 g/mol. The van der Waals surface area contributed by atoms with Gasteiger partial charge in [-0.1, -0.05) is 43.2 Å². The summed E-state index contributed by atoms with van der Waals surface area (Å²) in [5.74, 6) is 2.47. The van der Waals surface area contributed by atoms with Gasteiger partial charge in [-0.3, -0.25) is 4.79 Å². The quantitative estimate of drug-likeness (QED) is 0.863. The van der Waals surface area contributed by atoms with E-state index in [0.717, 1.165) is 30.1 Å². The first-order valence-corrected chi connectivity index (χ1v) is 9.40. The van der Waals surface area contributed by atoms with Crippen LogP contribution in [0.2, 0.25) is 0 Å². The molecule has 2 fully saturated rings. The molecule has 1 saturated heterocycles. The van der Waals surface area contributed by atoms with Crippen LogP contribution in [0.4, 0.5) is 0 Å². The molecule has 0 spiro atoms. The van der Waals surface area contributed by atoms with Crippen LogP contribution in [0.1, 0.15) is 44.9 Å². The molecule has 1 aliphatic carbocycles. The van der Waals surface area contributed by atoms with E-state index in [-0.39, 0.29) is 5.91 Å². The van der Waals surface area contributed by atoms with Crippen LogP contribution in [0, 0.1) is 5.92 Å². The lowest BCUT2D eigenvalue weighted by Gasteiger charge is -2.33. The minimum absolute atomic E-state index is 0.206. The molecule has 25 heavy (non-hydrogen) atoms. The van der Waals surface area contributed by atoms with Crippen LogP contribution in [-0.4, -0.2) is 37.7 Å². The molecule has 132 valence electrons. The first kappa shape index (κ1) is 16.3. The summed E-state index contributed by atoms with van der Waals surface area (Å²) < 4.78 is 1.95. The third-order valence-electron chi connectivity index (χ3n) is 5.94. The Morgan fingerprint density at radius 3 is 2.72 bits per heavy atom. The molecule has 1 aromatic carbocycles. The zero-order valence-corrected chi connectivity index (χ0v) is 15.1. The van der Waals surface area contributed by atoms with Gasteiger partial charge in [0.2, 0.25) is 5.91 Å². The molecule has 1 amide bonds. The standard InChI is InChI=1S/C20H26N4O/c1-14-12-16-10-6-7-11-17(16)24(14)19(25)13-18-21-22-20(23(18)2)15-8-4-3-5-9-15/h3-5,8-9,14,16-17H,6-7,10-13H2,1-2H3/t14-,16+,17+/m1/s1. The minimum Gasteiger partial charge on any atom is -0.336 e. The smallest absolute Gasteiger partial charge is 0.230 e. The molecule has 0 radical (unpaired) electrons. The lowest BCUT2D eigenvalue weighted by molar-refractivity contribution is -0.134. The van der Waals surface area contributed by atoms with Crippen molar-refractivity contribution in [3.63, 3.8) is 0 Å². The third-order valence-corrected chi connectivity index (χ3v) is 5.94. The summed E-state index contributed by atoms with van der Waals surface area (Å²) in [7, 11) is 1.95. The maximum absolute atomic E-state index is 13.0. The van der Waals surface area contributed by atoms with E-state index in [1.807, 2.05) is 41.9 Å². The molecule has 3 atom stereocenters. The molecule has 5 nitrogen and oxygen atoms in total. The van der Waals surface area contributed by atoms with E-state index in [9.17, 15) is 4.79 Å². The number of hydrogen-bond donors (Lipinski definition) is 0. The summed E-state index contributed by atoms with van der Waals surface area (Å²) in [6, 6.07) is 10.8. The summed E-state index contributed by atoms with van der Waals surface area (Å²) in [6.07, 6.45) is 6.50. The van der Waals surface area contributed by atoms with Crippen molar-refractivity contribution in [2.75, 3.05) is 0 Å². The molecule has 1 aromatic heterocycles. The Bertz CT molecular complexity index is 754. The van der Waals surface area contributed by atoms with Gasteiger partial charge in [0.05, 0.1) is 6.42 Å². The Kier molecular flexibility index (Phi) is 4.32. The van der Waals surface area contributed by atoms with Gasteiger partial charge < -0.3 is 9.47 Å². The van der Waals surface area contributed by atoms with Gasteiger partial charge in [0.1, 0.15) is 5.82 Å². The second-order valence-electron chi connectivity index (χ2n) is 7.54. The van der Waals surface area contributed by atoms with E-state index in [2.05, 4.69) is 22.0 Å². The molecule has 1 aliphatic heterocycles. The normalized spacial score (nSPS) is 25.8. The zero-order valence-electron chi connectivity index (χ0n) is 15.1. The van der Waals surface area contributed by atoms with E-state index >= 15 is 0 Å². The van der Waals surface area contributed by atoms with Crippen molar-refractivity contribution in [2.45, 2.75) is 57.5 Å². The van der Waals surface area contributed by atoms with Crippen molar-refractivity contribution >= 4 is 5.91 Å². The first-order valence-electron chi connectivity index (χ1n) is 9.40. The van der Waals surface area contributed by atoms with Gasteiger partial charge in [-0.15, -0.1) is 10.2 Å². The van der Waals surface area contributed by atoms with Gasteiger partial charge >= 0.3 is 0 Å². The molecule has 2 aliphatic rings. The predicted molar refractivity (Wildman–Crippen MR) is 96.8 cm³/mol. The van der Waals surface area contributed by atoms with E-state index in [1.54, 1.807) is 0 Å². The van der Waals surface area contributed by atoms with Crippen molar-refractivity contribution in [3.05, 3.63) is 36.2 Å². The predicted octanol–water partition coefficient (Wildman–Crippen LogP) is 3.20. The highest BCUT2D eigenvalue weighted by Crippen LogP contribution is 2.39. The minimum atomic E-state index is 0.206. The number of fused-ring (bicyclic) bond motifs is 1. The lowest BCUT2D eigenvalue weighted by Crippen LogP contribution is -2.43. The Morgan fingerprint density at radius 2 is 1.92 bits per heavy atom. The van der Waals surface area contributed by atoms with E-state index < -0.39 is 0 Å². The van der Waals surface area contributed by atoms with Crippen LogP contribution < -0.4 is 0 Å². The number of carbonyl (C=O) groups excluding carboxylic acids is 1. The van der Waals surface area contributed by atoms with E-state index in [0.29, 0.717) is 24.4 Å². The topological polar surface area (TPSA) is 51.0 Å². The van der Waals surface area contributed by atoms with Crippen LogP contribution in [0.5, 0.6) is 0 Å². The number of nitrogens with zero attached hydrogens (tertiary/aromatic N) is 4. The van der Waals surface area contributed by atoms with Gasteiger partial charge in [-0.25, -0.2) is 0 Å². The highest BCUT2D eigenvalue weighted by Gasteiger charge is 2.42. The largest absolute Gasteiger partial charge is 0.336 e. The second kappa shape index (κ2) is 6.62. The fraction of sp³-hybridized carbons (Fsp3) is 0.550. The zero-order chi connectivity index (χ0) is 17.4. The van der Waals surface area contributed by atoms with Crippen LogP contribution in [0.15, 0.2) is 30.3 Å². The summed E-state index contributed by atoms with van der Waals surface area (Å²) in [4.78, 5) is 15.2. The van der Waals surface area contributed by atoms with Crippen LogP contribution in [0.3, 0.4) is 0 Å². The van der Waals surface area contributed by atoms with Crippen LogP contribution in [-0.2, 0) is 18.3 Å². The number of carbonyl (C=O) groups is 1. The van der Waals surface area contributed by atoms with Gasteiger partial charge in [0, 0.05) is 24.7 Å². The van der Waals surface area contributed by atoms with Gasteiger partial charge in [-0.05, 0) is 32.1 Å². The van der Waals surface area contributed by atoms with E-state index in [1.165, 1.54) is 19.3 Å². The highest BCUT2D eigenvalue weighted by molar-refractivity contribution is 5.79. The molecule has 5 heteroatoms. The van der Waals surface area contributed by atoms with Crippen molar-refractivity contribution in [1.82, 2.24) is 19.7 Å². The Morgan fingerprint density at radius 1 is 1.16 bits per heavy atom. The summed E-state index contributed by atoms with van der Waals surface area (Å²) >= 11 is 0. The Hall–Kier alpha value is -2.17. The van der Waals surface area contributed by atoms with E-state index in [4.69, 9.17) is 0 Å². The fourth-order valence-corrected chi connectivity index (χ4v) is 4.72. The maximum Gasteiger partial charge on any atom is 0.230 e. The first-order chi connectivity index (χ1) is 12.1. The number of hydrogen-bond acceptors (Lipinski definition) is 3. The fourth-order valence-electron chi connectivity index (χ4n) is 4.72. The molecular formula is C20H26N4O. The summed E-state index contributed by atoms with van der Waals surface area (Å²) in [6.45, 7) is 2.20. The van der Waals surface area contributed by atoms with Crippen molar-refractivity contribution in [3.8, 4) is 11.4 Å². The molecule has 0 N–H and O–H groups in total. The molecule has 1 saturated carbocycles. The molecule has 0 unspecified atom stereocenters. The Balaban J connectivity index is 1.52. The third kappa shape index (κ3) is 2.96. The molecule has 0 bridgehead atoms.